The van der Waals surface area contributed by atoms with Gasteiger partial charge in [-0.1, -0.05) is 95.3 Å². The number of ether oxygens (including phenoxy) is 5. The second-order valence-corrected chi connectivity index (χ2v) is 13.8. The van der Waals surface area contributed by atoms with E-state index in [0.29, 0.717) is 17.6 Å². The smallest absolute Gasteiger partial charge is 0.412 e. The number of hydrogen-bond donors (Lipinski definition) is 1. The minimum Gasteiger partial charge on any atom is -0.456 e. The maximum absolute atomic E-state index is 13.7. The van der Waals surface area contributed by atoms with Crippen LogP contribution in [0.3, 0.4) is 0 Å². The lowest BCUT2D eigenvalue weighted by Gasteiger charge is -2.49. The first-order valence-electron chi connectivity index (χ1n) is 16.8. The predicted molar refractivity (Wildman–Crippen MR) is 179 cm³/mol. The number of aliphatic hydroxyl groups excluding tert-OH is 1. The summed E-state index contributed by atoms with van der Waals surface area (Å²) in [5.74, 6) is -0.382. The molecule has 0 aliphatic carbocycles. The molecule has 2 aliphatic rings. The summed E-state index contributed by atoms with van der Waals surface area (Å²) in [6.45, 7) is 17.6. The van der Waals surface area contributed by atoms with Gasteiger partial charge in [0.15, 0.2) is 12.4 Å². The summed E-state index contributed by atoms with van der Waals surface area (Å²) >= 11 is 0. The number of nitrogens with zero attached hydrogens (tertiary/aromatic N) is 1. The Morgan fingerprint density at radius 3 is 2.15 bits per heavy atom. The van der Waals surface area contributed by atoms with E-state index < -0.39 is 60.5 Å². The van der Waals surface area contributed by atoms with E-state index in [4.69, 9.17) is 23.7 Å². The molecule has 8 atom stereocenters. The largest absolute Gasteiger partial charge is 0.456 e. The topological polar surface area (TPSA) is 104 Å². The summed E-state index contributed by atoms with van der Waals surface area (Å²) in [6.07, 6.45) is -3.87. The fourth-order valence-corrected chi connectivity index (χ4v) is 6.62. The lowest BCUT2D eigenvalue weighted by Crippen LogP contribution is -2.54. The number of aliphatic hydroxyl groups is 1. The van der Waals surface area contributed by atoms with Crippen LogP contribution in [0, 0.1) is 11.3 Å². The number of hydrogen-bond acceptors (Lipinski definition) is 8. The highest BCUT2D eigenvalue weighted by Crippen LogP contribution is 2.45. The van der Waals surface area contributed by atoms with Crippen LogP contribution in [-0.2, 0) is 35.1 Å². The van der Waals surface area contributed by atoms with Crippen LogP contribution < -0.4 is 0 Å². The first-order valence-corrected chi connectivity index (χ1v) is 16.8. The minimum atomic E-state index is -0.980. The zero-order valence-corrected chi connectivity index (χ0v) is 29.3. The van der Waals surface area contributed by atoms with Crippen molar-refractivity contribution in [2.45, 2.75) is 131 Å². The Balaban J connectivity index is 1.48. The van der Waals surface area contributed by atoms with Gasteiger partial charge >= 0.3 is 12.1 Å². The molecular weight excluding hydrogens is 598 g/mol. The molecule has 0 bridgehead atoms. The van der Waals surface area contributed by atoms with E-state index in [1.54, 1.807) is 13.8 Å². The van der Waals surface area contributed by atoms with E-state index in [-0.39, 0.29) is 18.6 Å². The normalized spacial score (nSPS) is 27.6. The highest BCUT2D eigenvalue weighted by atomic mass is 16.7. The third kappa shape index (κ3) is 8.44. The van der Waals surface area contributed by atoms with Crippen molar-refractivity contribution < 1.29 is 38.4 Å². The Morgan fingerprint density at radius 2 is 1.55 bits per heavy atom. The number of benzene rings is 2. The van der Waals surface area contributed by atoms with Crippen molar-refractivity contribution >= 4 is 12.1 Å². The van der Waals surface area contributed by atoms with Gasteiger partial charge in [0.1, 0.15) is 25.0 Å². The van der Waals surface area contributed by atoms with Crippen molar-refractivity contribution in [1.29, 1.82) is 0 Å². The lowest BCUT2D eigenvalue weighted by molar-refractivity contribution is -0.312. The number of carbonyl (C=O) groups excluding carboxylic acids is 2. The maximum Gasteiger partial charge on any atom is 0.412 e. The number of esters is 1. The standard InChI is InChI=1S/C38H53NO8/c1-10-31-38(8,9)34(47-36(46-31)29-19-15-12-16-20-29)32(40)25(5)24(4)26(6)44-35(41)33-30(21-23(2)3)39(27(7)45-33)37(42)43-22-28-17-13-11-14-18-28/h11-20,23,26-27,30-34,36,40H,10,21-22H2,1-9H3/b25-24+/t26-,27?,30-,31-,32-,33?,34-,36?/m0/s1. The lowest BCUT2D eigenvalue weighted by atomic mass is 9.74. The summed E-state index contributed by atoms with van der Waals surface area (Å²) in [5, 5.41) is 11.8. The Morgan fingerprint density at radius 1 is 0.936 bits per heavy atom. The van der Waals surface area contributed by atoms with E-state index >= 15 is 0 Å². The van der Waals surface area contributed by atoms with Crippen LogP contribution in [0.15, 0.2) is 71.8 Å². The van der Waals surface area contributed by atoms with Crippen LogP contribution in [0.1, 0.15) is 92.6 Å². The molecular formula is C38H53NO8. The molecule has 9 heteroatoms. The number of amides is 1. The molecule has 1 amide bonds. The van der Waals surface area contributed by atoms with E-state index in [1.807, 2.05) is 102 Å². The Bertz CT molecular complexity index is 1360. The Kier molecular flexibility index (Phi) is 12.3. The number of carbonyl (C=O) groups is 2. The molecule has 2 heterocycles. The third-order valence-electron chi connectivity index (χ3n) is 9.62. The van der Waals surface area contributed by atoms with Crippen LogP contribution in [0.5, 0.6) is 0 Å². The van der Waals surface area contributed by atoms with Crippen LogP contribution >= 0.6 is 0 Å². The molecule has 2 aromatic carbocycles. The predicted octanol–water partition coefficient (Wildman–Crippen LogP) is 7.33. The van der Waals surface area contributed by atoms with Gasteiger partial charge in [0.2, 0.25) is 0 Å². The average Bonchev–Trinajstić information content (AvgIpc) is 3.37. The summed E-state index contributed by atoms with van der Waals surface area (Å²) in [7, 11) is 0. The van der Waals surface area contributed by atoms with Gasteiger partial charge in [0, 0.05) is 11.0 Å². The van der Waals surface area contributed by atoms with Crippen LogP contribution in [0.4, 0.5) is 4.79 Å². The van der Waals surface area contributed by atoms with Crippen molar-refractivity contribution in [2.75, 3.05) is 0 Å². The highest BCUT2D eigenvalue weighted by Gasteiger charge is 2.50. The van der Waals surface area contributed by atoms with Crippen molar-refractivity contribution in [3.05, 3.63) is 82.9 Å². The third-order valence-corrected chi connectivity index (χ3v) is 9.62. The highest BCUT2D eigenvalue weighted by molar-refractivity contribution is 5.79. The molecule has 47 heavy (non-hydrogen) atoms. The zero-order valence-electron chi connectivity index (χ0n) is 29.3. The number of rotatable bonds is 11. The molecule has 258 valence electrons. The molecule has 2 fully saturated rings. The van der Waals surface area contributed by atoms with E-state index in [0.717, 1.165) is 17.5 Å². The van der Waals surface area contributed by atoms with Gasteiger partial charge in [-0.25, -0.2) is 9.59 Å². The molecule has 1 N–H and O–H groups in total. The summed E-state index contributed by atoms with van der Waals surface area (Å²) < 4.78 is 30.5. The molecule has 0 spiro atoms. The first-order chi connectivity index (χ1) is 22.3. The van der Waals surface area contributed by atoms with Crippen LogP contribution in [0.25, 0.3) is 0 Å². The van der Waals surface area contributed by atoms with Gasteiger partial charge in [-0.2, -0.15) is 0 Å². The SMILES string of the molecule is CC[C@@H]1OC(c2ccccc2)O[C@@H]([C@@H](O)/C(C)=C(\C)[C@H](C)OC(=O)C2OC(C)N(C(=O)OCc3ccccc3)[C@H]2CC(C)C)C1(C)C. The van der Waals surface area contributed by atoms with E-state index in [9.17, 15) is 14.7 Å². The van der Waals surface area contributed by atoms with Gasteiger partial charge in [-0.15, -0.1) is 0 Å². The van der Waals surface area contributed by atoms with Gasteiger partial charge in [0.05, 0.1) is 18.2 Å². The molecule has 0 aromatic heterocycles. The van der Waals surface area contributed by atoms with Crippen molar-refractivity contribution in [2.24, 2.45) is 11.3 Å². The monoisotopic (exact) mass is 651 g/mol. The summed E-state index contributed by atoms with van der Waals surface area (Å²) in [6, 6.07) is 18.6. The van der Waals surface area contributed by atoms with Crippen molar-refractivity contribution in [1.82, 2.24) is 4.90 Å². The molecule has 2 aromatic rings. The molecule has 9 nitrogen and oxygen atoms in total. The minimum absolute atomic E-state index is 0.119. The fourth-order valence-electron chi connectivity index (χ4n) is 6.62. The van der Waals surface area contributed by atoms with Gasteiger partial charge in [-0.05, 0) is 63.2 Å². The van der Waals surface area contributed by atoms with Gasteiger partial charge in [0.25, 0.3) is 0 Å². The first kappa shape index (κ1) is 36.6. The van der Waals surface area contributed by atoms with Crippen molar-refractivity contribution in [3.63, 3.8) is 0 Å². The Hall–Kier alpha value is -3.24. The molecule has 0 radical (unpaired) electrons. The van der Waals surface area contributed by atoms with Crippen LogP contribution in [0.2, 0.25) is 0 Å². The van der Waals surface area contributed by atoms with Gasteiger partial charge in [-0.3, -0.25) is 4.90 Å². The molecule has 4 rings (SSSR count). The molecule has 0 saturated carbocycles. The quantitative estimate of drug-likeness (QED) is 0.199. The average molecular weight is 652 g/mol. The second-order valence-electron chi connectivity index (χ2n) is 13.8. The molecule has 3 unspecified atom stereocenters. The second kappa shape index (κ2) is 15.8. The van der Waals surface area contributed by atoms with Crippen molar-refractivity contribution in [3.8, 4) is 0 Å². The van der Waals surface area contributed by atoms with E-state index in [1.165, 1.54) is 4.90 Å². The Labute approximate surface area is 280 Å². The molecule has 2 aliphatic heterocycles. The fraction of sp³-hybridized carbons (Fsp3) is 0.579. The van der Waals surface area contributed by atoms with Gasteiger partial charge < -0.3 is 28.8 Å². The summed E-state index contributed by atoms with van der Waals surface area (Å²) in [4.78, 5) is 28.4. The zero-order chi connectivity index (χ0) is 34.5. The summed E-state index contributed by atoms with van der Waals surface area (Å²) in [5.41, 5.74) is 2.63. The van der Waals surface area contributed by atoms with E-state index in [2.05, 4.69) is 6.92 Å². The maximum atomic E-state index is 13.7. The van der Waals surface area contributed by atoms with Crippen LogP contribution in [-0.4, -0.2) is 64.9 Å². The molecule has 2 saturated heterocycles.